The van der Waals surface area contributed by atoms with E-state index in [1.165, 1.54) is 0 Å². The second kappa shape index (κ2) is 9.23. The summed E-state index contributed by atoms with van der Waals surface area (Å²) in [5.74, 6) is 0. The van der Waals surface area contributed by atoms with Gasteiger partial charge in [-0.3, -0.25) is 4.98 Å². The minimum absolute atomic E-state index is 0.0787. The fraction of sp³-hybridized carbons (Fsp3) is 0.348. The average Bonchev–Trinajstić information content (AvgIpc) is 3.22. The Balaban J connectivity index is 1.35. The van der Waals surface area contributed by atoms with Crippen molar-refractivity contribution in [2.45, 2.75) is 45.3 Å². The predicted octanol–water partition coefficient (Wildman–Crippen LogP) is 4.68. The van der Waals surface area contributed by atoms with E-state index in [0.29, 0.717) is 12.1 Å². The molecule has 2 aromatic heterocycles. The number of ether oxygens (including phenoxy) is 1. The summed E-state index contributed by atoms with van der Waals surface area (Å²) < 4.78 is 5.69. The summed E-state index contributed by atoms with van der Waals surface area (Å²) in [6.07, 6.45) is 3.58. The van der Waals surface area contributed by atoms with E-state index in [1.807, 2.05) is 44.2 Å². The summed E-state index contributed by atoms with van der Waals surface area (Å²) in [4.78, 5) is 18.7. The summed E-state index contributed by atoms with van der Waals surface area (Å²) in [5, 5.41) is 19.0. The summed E-state index contributed by atoms with van der Waals surface area (Å²) in [7, 11) is 0. The van der Waals surface area contributed by atoms with Crippen LogP contribution in [0.4, 0.5) is 4.79 Å². The average molecular weight is 434 g/mol. The lowest BCUT2D eigenvalue weighted by atomic mass is 10.0. The summed E-state index contributed by atoms with van der Waals surface area (Å²) >= 11 is 1.59. The number of aromatic nitrogens is 3. The molecule has 2 atom stereocenters. The quantitative estimate of drug-likeness (QED) is 0.560. The van der Waals surface area contributed by atoms with E-state index >= 15 is 0 Å². The molecule has 0 spiro atoms. The number of hydrogen-bond donors (Lipinski definition) is 0. The molecule has 0 aliphatic carbocycles. The number of carbonyl (C=O) groups excluding carboxylic acids is 1. The van der Waals surface area contributed by atoms with Crippen molar-refractivity contribution in [3.63, 3.8) is 0 Å². The maximum atomic E-state index is 12.6. The lowest BCUT2D eigenvalue weighted by molar-refractivity contribution is 0.0101. The van der Waals surface area contributed by atoms with Crippen LogP contribution in [0.2, 0.25) is 0 Å². The largest absolute Gasteiger partial charge is 0.446 e. The minimum Gasteiger partial charge on any atom is -0.446 e. The second-order valence-corrected chi connectivity index (χ2v) is 8.85. The first-order valence-corrected chi connectivity index (χ1v) is 11.1. The maximum absolute atomic E-state index is 12.6. The molecule has 7 nitrogen and oxygen atoms in total. The molecule has 1 amide bonds. The highest BCUT2D eigenvalue weighted by molar-refractivity contribution is 7.11. The van der Waals surface area contributed by atoms with E-state index < -0.39 is 0 Å². The predicted molar refractivity (Wildman–Crippen MR) is 117 cm³/mol. The molecule has 2 unspecified atom stereocenters. The lowest BCUT2D eigenvalue weighted by Gasteiger charge is -2.35. The van der Waals surface area contributed by atoms with Crippen LogP contribution in [0.3, 0.4) is 0 Å². The molecule has 1 saturated heterocycles. The Morgan fingerprint density at radius 1 is 1.26 bits per heavy atom. The molecule has 3 aromatic rings. The van der Waals surface area contributed by atoms with Crippen molar-refractivity contribution in [2.75, 3.05) is 6.54 Å². The van der Waals surface area contributed by atoms with E-state index in [2.05, 4.69) is 21.3 Å². The zero-order chi connectivity index (χ0) is 21.8. The molecule has 4 rings (SSSR count). The number of hydrogen-bond acceptors (Lipinski definition) is 7. The van der Waals surface area contributed by atoms with Crippen LogP contribution in [0.25, 0.3) is 11.3 Å². The number of benzene rings is 1. The van der Waals surface area contributed by atoms with Gasteiger partial charge in [-0.2, -0.15) is 5.26 Å². The van der Waals surface area contributed by atoms with Crippen molar-refractivity contribution in [3.8, 4) is 17.3 Å². The van der Waals surface area contributed by atoms with E-state index in [1.54, 1.807) is 28.5 Å². The monoisotopic (exact) mass is 433 g/mol. The van der Waals surface area contributed by atoms with E-state index in [4.69, 9.17) is 10.00 Å². The summed E-state index contributed by atoms with van der Waals surface area (Å²) in [5.41, 5.74) is 3.35. The van der Waals surface area contributed by atoms with Crippen LogP contribution in [-0.4, -0.2) is 38.8 Å². The van der Waals surface area contributed by atoms with Gasteiger partial charge in [0, 0.05) is 31.1 Å². The van der Waals surface area contributed by atoms with Gasteiger partial charge in [-0.15, -0.1) is 21.5 Å². The molecular weight excluding hydrogens is 410 g/mol. The van der Waals surface area contributed by atoms with Crippen molar-refractivity contribution in [1.29, 1.82) is 5.26 Å². The third-order valence-electron chi connectivity index (χ3n) is 5.49. The Morgan fingerprint density at radius 3 is 2.68 bits per heavy atom. The number of cyclic esters (lactones) is 1. The number of pyridine rings is 1. The molecule has 0 N–H and O–H groups in total. The molecular formula is C23H23N5O2S. The van der Waals surface area contributed by atoms with Gasteiger partial charge in [0.2, 0.25) is 0 Å². The highest BCUT2D eigenvalue weighted by Gasteiger charge is 2.31. The third-order valence-corrected chi connectivity index (χ3v) is 6.39. The van der Waals surface area contributed by atoms with E-state index in [-0.39, 0.29) is 18.2 Å². The van der Waals surface area contributed by atoms with Gasteiger partial charge in [0.05, 0.1) is 17.3 Å². The topological polar surface area (TPSA) is 92.0 Å². The van der Waals surface area contributed by atoms with E-state index in [9.17, 15) is 4.79 Å². The molecule has 1 aromatic carbocycles. The highest BCUT2D eigenvalue weighted by atomic mass is 32.1. The molecule has 158 valence electrons. The molecule has 1 aliphatic heterocycles. The molecule has 0 saturated carbocycles. The zero-order valence-electron chi connectivity index (χ0n) is 17.5. The molecule has 8 heteroatoms. The molecule has 0 radical (unpaired) electrons. The van der Waals surface area contributed by atoms with E-state index in [0.717, 1.165) is 46.1 Å². The Labute approximate surface area is 185 Å². The van der Waals surface area contributed by atoms with Gasteiger partial charge >= 0.3 is 6.09 Å². The van der Waals surface area contributed by atoms with Gasteiger partial charge in [-0.1, -0.05) is 24.3 Å². The molecule has 1 aliphatic rings. The number of aryl methyl sites for hydroxylation is 2. The van der Waals surface area contributed by atoms with Crippen molar-refractivity contribution in [1.82, 2.24) is 20.1 Å². The van der Waals surface area contributed by atoms with Crippen LogP contribution < -0.4 is 0 Å². The van der Waals surface area contributed by atoms with Crippen molar-refractivity contribution < 1.29 is 9.53 Å². The third kappa shape index (κ3) is 4.89. The number of rotatable bonds is 6. The SMILES string of the molecule is Cc1nnc(CCC2CCN(C(C)c3ccc(-c4ccc(C#N)cn4)cc3)C(=O)O2)s1. The number of nitriles is 1. The van der Waals surface area contributed by atoms with Gasteiger partial charge in [0.25, 0.3) is 0 Å². The zero-order valence-corrected chi connectivity index (χ0v) is 18.3. The van der Waals surface area contributed by atoms with Gasteiger partial charge in [0.15, 0.2) is 0 Å². The number of amides is 1. The molecule has 31 heavy (non-hydrogen) atoms. The molecule has 3 heterocycles. The van der Waals surface area contributed by atoms with Crippen molar-refractivity contribution in [3.05, 3.63) is 63.7 Å². The van der Waals surface area contributed by atoms with Crippen LogP contribution in [-0.2, 0) is 11.2 Å². The molecule has 0 bridgehead atoms. The normalized spacial score (nSPS) is 17.1. The smallest absolute Gasteiger partial charge is 0.410 e. The Morgan fingerprint density at radius 2 is 2.06 bits per heavy atom. The summed E-state index contributed by atoms with van der Waals surface area (Å²) in [6.45, 7) is 4.62. The second-order valence-electron chi connectivity index (χ2n) is 7.58. The van der Waals surface area contributed by atoms with Crippen LogP contribution in [0.1, 0.15) is 46.9 Å². The van der Waals surface area contributed by atoms with Crippen molar-refractivity contribution in [2.24, 2.45) is 0 Å². The van der Waals surface area contributed by atoms with Gasteiger partial charge < -0.3 is 9.64 Å². The number of nitrogens with zero attached hydrogens (tertiary/aromatic N) is 5. The van der Waals surface area contributed by atoms with Crippen molar-refractivity contribution >= 4 is 17.4 Å². The first-order chi connectivity index (χ1) is 15.0. The maximum Gasteiger partial charge on any atom is 0.410 e. The minimum atomic E-state index is -0.268. The van der Waals surface area contributed by atoms with Crippen LogP contribution in [0.5, 0.6) is 0 Å². The fourth-order valence-corrected chi connectivity index (χ4v) is 4.39. The molecule has 1 fully saturated rings. The Kier molecular flexibility index (Phi) is 6.23. The highest BCUT2D eigenvalue weighted by Crippen LogP contribution is 2.28. The Bertz CT molecular complexity index is 1090. The summed E-state index contributed by atoms with van der Waals surface area (Å²) in [6, 6.07) is 13.6. The Hall–Kier alpha value is -3.31. The first-order valence-electron chi connectivity index (χ1n) is 10.3. The number of carbonyl (C=O) groups is 1. The van der Waals surface area contributed by atoms with Gasteiger partial charge in [0.1, 0.15) is 22.2 Å². The first kappa shape index (κ1) is 20.9. The van der Waals surface area contributed by atoms with Gasteiger partial charge in [-0.25, -0.2) is 4.79 Å². The van der Waals surface area contributed by atoms with Crippen LogP contribution in [0, 0.1) is 18.3 Å². The standard InChI is InChI=1S/C23H23N5O2S/c1-15(18-4-6-19(7-5-18)21-9-3-17(13-24)14-25-21)28-12-11-20(30-23(28)29)8-10-22-27-26-16(2)31-22/h3-7,9,14-15,20H,8,10-12H2,1-2H3. The fourth-order valence-electron chi connectivity index (χ4n) is 3.66. The lowest BCUT2D eigenvalue weighted by Crippen LogP contribution is -2.43. The van der Waals surface area contributed by atoms with Crippen LogP contribution in [0.15, 0.2) is 42.6 Å². The van der Waals surface area contributed by atoms with Gasteiger partial charge in [-0.05, 0) is 38.0 Å². The van der Waals surface area contributed by atoms with Crippen LogP contribution >= 0.6 is 11.3 Å².